The van der Waals surface area contributed by atoms with Gasteiger partial charge in [0.25, 0.3) is 0 Å². The first-order valence-electron chi connectivity index (χ1n) is 5.93. The molecule has 0 fully saturated rings. The molecule has 0 spiro atoms. The van der Waals surface area contributed by atoms with E-state index in [9.17, 15) is 0 Å². The Labute approximate surface area is 104 Å². The summed E-state index contributed by atoms with van der Waals surface area (Å²) in [7, 11) is 0. The molecule has 0 amide bonds. The number of hydrogen-bond donors (Lipinski definition) is 0. The maximum absolute atomic E-state index is 4.26. The van der Waals surface area contributed by atoms with Gasteiger partial charge >= 0.3 is 0 Å². The number of thiazole rings is 1. The van der Waals surface area contributed by atoms with Gasteiger partial charge in [-0.25, -0.2) is 4.98 Å². The van der Waals surface area contributed by atoms with Crippen LogP contribution in [0.25, 0.3) is 12.2 Å². The molecule has 1 aliphatic rings. The molecule has 17 heavy (non-hydrogen) atoms. The van der Waals surface area contributed by atoms with Crippen molar-refractivity contribution >= 4 is 23.5 Å². The van der Waals surface area contributed by atoms with Crippen LogP contribution in [0.1, 0.15) is 35.9 Å². The Hall–Kier alpha value is -1.49. The van der Waals surface area contributed by atoms with E-state index in [-0.39, 0.29) is 0 Å². The highest BCUT2D eigenvalue weighted by molar-refractivity contribution is 7.10. The Morgan fingerprint density at radius 1 is 1.18 bits per heavy atom. The van der Waals surface area contributed by atoms with E-state index < -0.39 is 0 Å². The normalized spacial score (nSPS) is 16.0. The molecule has 0 radical (unpaired) electrons. The number of aryl methyl sites for hydroxylation is 1. The van der Waals surface area contributed by atoms with Crippen molar-refractivity contribution in [3.8, 4) is 0 Å². The summed E-state index contributed by atoms with van der Waals surface area (Å²) < 4.78 is 2.23. The van der Waals surface area contributed by atoms with Gasteiger partial charge < -0.3 is 4.57 Å². The third kappa shape index (κ3) is 2.29. The van der Waals surface area contributed by atoms with Gasteiger partial charge in [0.1, 0.15) is 10.8 Å². The lowest BCUT2D eigenvalue weighted by Crippen LogP contribution is -2.02. The molecule has 0 N–H and O–H groups in total. The first-order chi connectivity index (χ1) is 8.43. The van der Waals surface area contributed by atoms with Crippen molar-refractivity contribution in [3.05, 3.63) is 28.2 Å². The third-order valence-corrected chi connectivity index (χ3v) is 3.71. The van der Waals surface area contributed by atoms with Crippen molar-refractivity contribution in [2.45, 2.75) is 32.2 Å². The Kier molecular flexibility index (Phi) is 3.00. The number of aromatic nitrogens is 4. The fraction of sp³-hybridized carbons (Fsp3) is 0.417. The first kappa shape index (κ1) is 10.7. The quantitative estimate of drug-likeness (QED) is 0.818. The fourth-order valence-electron chi connectivity index (χ4n) is 2.09. The van der Waals surface area contributed by atoms with Gasteiger partial charge in [0.15, 0.2) is 5.82 Å². The maximum atomic E-state index is 4.26. The zero-order valence-electron chi connectivity index (χ0n) is 9.54. The van der Waals surface area contributed by atoms with E-state index in [1.54, 1.807) is 11.3 Å². The summed E-state index contributed by atoms with van der Waals surface area (Å²) in [6, 6.07) is 0. The highest BCUT2D eigenvalue weighted by atomic mass is 32.1. The molecular weight excluding hydrogens is 232 g/mol. The summed E-state index contributed by atoms with van der Waals surface area (Å²) in [6.45, 7) is 1.04. The van der Waals surface area contributed by atoms with Crippen LogP contribution in [-0.2, 0) is 13.0 Å². The van der Waals surface area contributed by atoms with Crippen LogP contribution in [0.15, 0.2) is 11.6 Å². The first-order valence-corrected chi connectivity index (χ1v) is 6.81. The lowest BCUT2D eigenvalue weighted by atomic mass is 10.2. The molecule has 5 heteroatoms. The second kappa shape index (κ2) is 4.79. The molecular formula is C12H14N4S. The van der Waals surface area contributed by atoms with Crippen LogP contribution in [0.2, 0.25) is 0 Å². The summed E-state index contributed by atoms with van der Waals surface area (Å²) in [6.07, 6.45) is 10.6. The molecule has 0 unspecified atom stereocenters. The van der Waals surface area contributed by atoms with Crippen LogP contribution in [0, 0.1) is 0 Å². The standard InChI is InChI=1S/C12H14N4S/c1-2-4-10-14-15-11(16(10)8-3-1)5-6-12-13-7-9-17-12/h5-7,9H,1-4,8H2/b6-5+. The predicted octanol–water partition coefficient (Wildman–Crippen LogP) is 2.63. The van der Waals surface area contributed by atoms with E-state index in [1.165, 1.54) is 19.3 Å². The molecule has 1 aliphatic heterocycles. The van der Waals surface area contributed by atoms with Crippen LogP contribution in [0.4, 0.5) is 0 Å². The molecule has 0 saturated heterocycles. The number of nitrogens with zero attached hydrogens (tertiary/aromatic N) is 4. The molecule has 0 aliphatic carbocycles. The van der Waals surface area contributed by atoms with Crippen molar-refractivity contribution in [1.82, 2.24) is 19.7 Å². The van der Waals surface area contributed by atoms with Gasteiger partial charge in [-0.3, -0.25) is 0 Å². The summed E-state index contributed by atoms with van der Waals surface area (Å²) in [5, 5.41) is 11.5. The van der Waals surface area contributed by atoms with E-state index in [0.29, 0.717) is 0 Å². The molecule has 0 saturated carbocycles. The zero-order valence-corrected chi connectivity index (χ0v) is 10.4. The average molecular weight is 246 g/mol. The molecule has 2 aromatic rings. The zero-order chi connectivity index (χ0) is 11.5. The molecule has 3 rings (SSSR count). The van der Waals surface area contributed by atoms with Crippen molar-refractivity contribution in [2.24, 2.45) is 0 Å². The van der Waals surface area contributed by atoms with E-state index in [4.69, 9.17) is 0 Å². The summed E-state index contributed by atoms with van der Waals surface area (Å²) in [5.41, 5.74) is 0. The molecule has 4 nitrogen and oxygen atoms in total. The highest BCUT2D eigenvalue weighted by Gasteiger charge is 2.12. The lowest BCUT2D eigenvalue weighted by Gasteiger charge is -2.02. The van der Waals surface area contributed by atoms with Crippen LogP contribution in [-0.4, -0.2) is 19.7 Å². The van der Waals surface area contributed by atoms with Crippen molar-refractivity contribution < 1.29 is 0 Å². The van der Waals surface area contributed by atoms with E-state index in [0.717, 1.165) is 29.6 Å². The second-order valence-corrected chi connectivity index (χ2v) is 5.07. The van der Waals surface area contributed by atoms with Gasteiger partial charge in [-0.2, -0.15) is 0 Å². The fourth-order valence-corrected chi connectivity index (χ4v) is 2.62. The van der Waals surface area contributed by atoms with Crippen LogP contribution in [0.3, 0.4) is 0 Å². The minimum atomic E-state index is 0.956. The number of fused-ring (bicyclic) bond motifs is 1. The van der Waals surface area contributed by atoms with Gasteiger partial charge in [-0.05, 0) is 25.0 Å². The SMILES string of the molecule is C(=C\c1nnc2n1CCCCC2)/c1nccs1. The monoisotopic (exact) mass is 246 g/mol. The van der Waals surface area contributed by atoms with Crippen molar-refractivity contribution in [2.75, 3.05) is 0 Å². The topological polar surface area (TPSA) is 43.6 Å². The van der Waals surface area contributed by atoms with Gasteiger partial charge in [0.2, 0.25) is 0 Å². The van der Waals surface area contributed by atoms with Gasteiger partial charge in [0, 0.05) is 24.5 Å². The van der Waals surface area contributed by atoms with Crippen LogP contribution < -0.4 is 0 Å². The van der Waals surface area contributed by atoms with Crippen LogP contribution in [0.5, 0.6) is 0 Å². The predicted molar refractivity (Wildman–Crippen MR) is 68.6 cm³/mol. The Morgan fingerprint density at radius 3 is 3.06 bits per heavy atom. The summed E-state index contributed by atoms with van der Waals surface area (Å²) in [4.78, 5) is 4.22. The summed E-state index contributed by atoms with van der Waals surface area (Å²) >= 11 is 1.63. The van der Waals surface area contributed by atoms with Crippen molar-refractivity contribution in [1.29, 1.82) is 0 Å². The van der Waals surface area contributed by atoms with Gasteiger partial charge in [-0.1, -0.05) is 6.42 Å². The number of rotatable bonds is 2. The average Bonchev–Trinajstić information content (AvgIpc) is 2.92. The molecule has 2 aromatic heterocycles. The minimum absolute atomic E-state index is 0.956. The van der Waals surface area contributed by atoms with Gasteiger partial charge in [0.05, 0.1) is 0 Å². The Morgan fingerprint density at radius 2 is 2.18 bits per heavy atom. The molecule has 3 heterocycles. The lowest BCUT2D eigenvalue weighted by molar-refractivity contribution is 0.628. The molecule has 0 atom stereocenters. The van der Waals surface area contributed by atoms with Crippen LogP contribution >= 0.6 is 11.3 Å². The Balaban J connectivity index is 1.86. The molecule has 0 aromatic carbocycles. The van der Waals surface area contributed by atoms with E-state index >= 15 is 0 Å². The van der Waals surface area contributed by atoms with E-state index in [2.05, 4.69) is 19.7 Å². The maximum Gasteiger partial charge on any atom is 0.156 e. The molecule has 88 valence electrons. The second-order valence-electron chi connectivity index (χ2n) is 4.14. The molecule has 0 bridgehead atoms. The summed E-state index contributed by atoms with van der Waals surface area (Å²) in [5.74, 6) is 2.08. The van der Waals surface area contributed by atoms with Crippen molar-refractivity contribution in [3.63, 3.8) is 0 Å². The smallest absolute Gasteiger partial charge is 0.156 e. The van der Waals surface area contributed by atoms with Gasteiger partial charge in [-0.15, -0.1) is 21.5 Å². The highest BCUT2D eigenvalue weighted by Crippen LogP contribution is 2.16. The van der Waals surface area contributed by atoms with E-state index in [1.807, 2.05) is 23.7 Å². The number of hydrogen-bond acceptors (Lipinski definition) is 4. The minimum Gasteiger partial charge on any atom is -0.312 e. The Bertz CT molecular complexity index is 513. The third-order valence-electron chi connectivity index (χ3n) is 2.96. The largest absolute Gasteiger partial charge is 0.312 e.